The molecule has 5 nitrogen and oxygen atoms in total. The van der Waals surface area contributed by atoms with Crippen molar-refractivity contribution in [1.82, 2.24) is 9.80 Å². The van der Waals surface area contributed by atoms with Crippen LogP contribution in [0.25, 0.3) is 0 Å². The van der Waals surface area contributed by atoms with E-state index in [9.17, 15) is 14.0 Å². The fourth-order valence-corrected chi connectivity index (χ4v) is 3.21. The number of ether oxygens (including phenoxy) is 1. The van der Waals surface area contributed by atoms with Gasteiger partial charge in [0.1, 0.15) is 11.6 Å². The van der Waals surface area contributed by atoms with E-state index >= 15 is 0 Å². The van der Waals surface area contributed by atoms with Crippen molar-refractivity contribution in [2.24, 2.45) is 0 Å². The van der Waals surface area contributed by atoms with Crippen molar-refractivity contribution in [3.8, 4) is 5.75 Å². The lowest BCUT2D eigenvalue weighted by molar-refractivity contribution is -0.133. The van der Waals surface area contributed by atoms with Crippen LogP contribution in [0.3, 0.4) is 0 Å². The summed E-state index contributed by atoms with van der Waals surface area (Å²) in [5.41, 5.74) is 0.0656. The molecule has 27 heavy (non-hydrogen) atoms. The Labute approximate surface area is 165 Å². The molecule has 0 saturated carbocycles. The second-order valence-electron chi connectivity index (χ2n) is 6.25. The molecule has 0 aliphatic carbocycles. The molecule has 142 valence electrons. The van der Waals surface area contributed by atoms with Crippen molar-refractivity contribution in [2.45, 2.75) is 6.42 Å². The third-order valence-corrected chi connectivity index (χ3v) is 4.94. The lowest BCUT2D eigenvalue weighted by atomic mass is 10.2. The minimum absolute atomic E-state index is 0.0527. The molecule has 2 amide bonds. The maximum absolute atomic E-state index is 13.9. The van der Waals surface area contributed by atoms with Gasteiger partial charge in [-0.3, -0.25) is 9.59 Å². The van der Waals surface area contributed by atoms with E-state index < -0.39 is 5.82 Å². The Hall–Kier alpha value is -2.41. The number of carbonyl (C=O) groups excluding carboxylic acids is 2. The van der Waals surface area contributed by atoms with Crippen molar-refractivity contribution in [1.29, 1.82) is 0 Å². The number of hydrogen-bond acceptors (Lipinski definition) is 3. The molecule has 0 atom stereocenters. The predicted octanol–water partition coefficient (Wildman–Crippen LogP) is 3.34. The highest BCUT2D eigenvalue weighted by Crippen LogP contribution is 2.16. The summed E-state index contributed by atoms with van der Waals surface area (Å²) in [6.07, 6.45) is 0.643. The molecule has 1 fully saturated rings. The zero-order valence-electron chi connectivity index (χ0n) is 14.7. The van der Waals surface area contributed by atoms with E-state index in [0.29, 0.717) is 38.3 Å². The molecule has 0 aromatic heterocycles. The molecule has 0 bridgehead atoms. The summed E-state index contributed by atoms with van der Waals surface area (Å²) in [5, 5.41) is 0. The van der Waals surface area contributed by atoms with Crippen LogP contribution in [0.1, 0.15) is 16.8 Å². The maximum atomic E-state index is 13.9. The fraction of sp³-hybridized carbons (Fsp3) is 0.300. The Kier molecular flexibility index (Phi) is 6.45. The van der Waals surface area contributed by atoms with Crippen LogP contribution >= 0.6 is 15.9 Å². The summed E-state index contributed by atoms with van der Waals surface area (Å²) in [7, 11) is 0. The van der Waals surface area contributed by atoms with Gasteiger partial charge in [-0.05, 0) is 42.8 Å². The van der Waals surface area contributed by atoms with E-state index in [2.05, 4.69) is 15.9 Å². The van der Waals surface area contributed by atoms with E-state index in [4.69, 9.17) is 4.74 Å². The number of amides is 2. The van der Waals surface area contributed by atoms with Gasteiger partial charge in [-0.25, -0.2) is 4.39 Å². The van der Waals surface area contributed by atoms with E-state index in [1.165, 1.54) is 12.1 Å². The first-order valence-electron chi connectivity index (χ1n) is 8.74. The first-order valence-corrected chi connectivity index (χ1v) is 9.54. The van der Waals surface area contributed by atoms with E-state index in [1.807, 2.05) is 12.1 Å². The summed E-state index contributed by atoms with van der Waals surface area (Å²) in [5.74, 6) is -0.369. The van der Waals surface area contributed by atoms with Crippen molar-refractivity contribution in [3.63, 3.8) is 0 Å². The third kappa shape index (κ3) is 5.07. The highest BCUT2D eigenvalue weighted by atomic mass is 79.9. The van der Waals surface area contributed by atoms with Gasteiger partial charge >= 0.3 is 0 Å². The zero-order chi connectivity index (χ0) is 19.2. The molecule has 0 unspecified atom stereocenters. The minimum Gasteiger partial charge on any atom is -0.484 e. The van der Waals surface area contributed by atoms with Gasteiger partial charge < -0.3 is 14.5 Å². The number of carbonyl (C=O) groups is 2. The van der Waals surface area contributed by atoms with Crippen LogP contribution < -0.4 is 4.74 Å². The average molecular weight is 435 g/mol. The number of hydrogen-bond donors (Lipinski definition) is 0. The Morgan fingerprint density at radius 1 is 0.963 bits per heavy atom. The summed E-state index contributed by atoms with van der Waals surface area (Å²) in [6.45, 7) is 1.76. The van der Waals surface area contributed by atoms with Gasteiger partial charge in [0.15, 0.2) is 6.61 Å². The predicted molar refractivity (Wildman–Crippen MR) is 103 cm³/mol. The highest BCUT2D eigenvalue weighted by molar-refractivity contribution is 9.10. The quantitative estimate of drug-likeness (QED) is 0.741. The van der Waals surface area contributed by atoms with Crippen molar-refractivity contribution in [3.05, 3.63) is 64.4 Å². The van der Waals surface area contributed by atoms with Crippen LogP contribution in [0.4, 0.5) is 4.39 Å². The minimum atomic E-state index is -0.525. The third-order valence-electron chi connectivity index (χ3n) is 4.42. The molecule has 0 spiro atoms. The molecule has 0 radical (unpaired) electrons. The van der Waals surface area contributed by atoms with Gasteiger partial charge in [0.05, 0.1) is 5.56 Å². The standard InChI is InChI=1S/C20H20BrFN2O3/c21-15-6-8-16(9-7-15)27-14-19(25)23-10-3-11-24(13-12-23)20(26)17-4-1-2-5-18(17)22/h1-2,4-9H,3,10-14H2. The lowest BCUT2D eigenvalue weighted by Gasteiger charge is -2.22. The fourth-order valence-electron chi connectivity index (χ4n) is 2.94. The first-order chi connectivity index (χ1) is 13.0. The molecular weight excluding hydrogens is 415 g/mol. The number of rotatable bonds is 4. The largest absolute Gasteiger partial charge is 0.484 e. The SMILES string of the molecule is O=C(COc1ccc(Br)cc1)N1CCCN(C(=O)c2ccccc2F)CC1. The smallest absolute Gasteiger partial charge is 0.260 e. The molecule has 1 aliphatic heterocycles. The van der Waals surface area contributed by atoms with Gasteiger partial charge in [-0.2, -0.15) is 0 Å². The van der Waals surface area contributed by atoms with Crippen molar-refractivity contribution >= 4 is 27.7 Å². The van der Waals surface area contributed by atoms with Gasteiger partial charge in [0, 0.05) is 30.7 Å². The second kappa shape index (κ2) is 8.99. The van der Waals surface area contributed by atoms with E-state index in [0.717, 1.165) is 4.47 Å². The Balaban J connectivity index is 1.54. The molecule has 3 rings (SSSR count). The maximum Gasteiger partial charge on any atom is 0.260 e. The lowest BCUT2D eigenvalue weighted by Crippen LogP contribution is -2.39. The van der Waals surface area contributed by atoms with Crippen LogP contribution in [0.5, 0.6) is 5.75 Å². The summed E-state index contributed by atoms with van der Waals surface area (Å²) in [6, 6.07) is 13.2. The number of nitrogens with zero attached hydrogens (tertiary/aromatic N) is 2. The highest BCUT2D eigenvalue weighted by Gasteiger charge is 2.24. The van der Waals surface area contributed by atoms with Crippen molar-refractivity contribution < 1.29 is 18.7 Å². The van der Waals surface area contributed by atoms with Crippen LogP contribution in [0, 0.1) is 5.82 Å². The Bertz CT molecular complexity index is 813. The summed E-state index contributed by atoms with van der Waals surface area (Å²) in [4.78, 5) is 28.2. The zero-order valence-corrected chi connectivity index (χ0v) is 16.3. The van der Waals surface area contributed by atoms with Gasteiger partial charge in [0.25, 0.3) is 11.8 Å². The second-order valence-corrected chi connectivity index (χ2v) is 7.16. The molecular formula is C20H20BrFN2O3. The van der Waals surface area contributed by atoms with Gasteiger partial charge in [-0.15, -0.1) is 0 Å². The van der Waals surface area contributed by atoms with Crippen LogP contribution in [-0.2, 0) is 4.79 Å². The van der Waals surface area contributed by atoms with Gasteiger partial charge in [-0.1, -0.05) is 28.1 Å². The van der Waals surface area contributed by atoms with Crippen LogP contribution in [0.2, 0.25) is 0 Å². The molecule has 2 aromatic carbocycles. The first kappa shape index (κ1) is 19.4. The molecule has 1 heterocycles. The van der Waals surface area contributed by atoms with E-state index in [1.54, 1.807) is 34.1 Å². The number of halogens is 2. The summed E-state index contributed by atoms with van der Waals surface area (Å²) < 4.78 is 20.3. The molecule has 7 heteroatoms. The molecule has 0 N–H and O–H groups in total. The number of benzene rings is 2. The normalized spacial score (nSPS) is 14.6. The molecule has 2 aromatic rings. The summed E-state index contributed by atoms with van der Waals surface area (Å²) >= 11 is 3.35. The van der Waals surface area contributed by atoms with Crippen LogP contribution in [0.15, 0.2) is 53.0 Å². The van der Waals surface area contributed by atoms with Crippen LogP contribution in [-0.4, -0.2) is 54.4 Å². The average Bonchev–Trinajstić information content (AvgIpc) is 2.93. The Morgan fingerprint density at radius 2 is 1.63 bits per heavy atom. The topological polar surface area (TPSA) is 49.9 Å². The Morgan fingerprint density at radius 3 is 2.37 bits per heavy atom. The van der Waals surface area contributed by atoms with Gasteiger partial charge in [0.2, 0.25) is 0 Å². The monoisotopic (exact) mass is 434 g/mol. The molecule has 1 aliphatic rings. The molecule has 1 saturated heterocycles. The van der Waals surface area contributed by atoms with Crippen molar-refractivity contribution in [2.75, 3.05) is 32.8 Å². The van der Waals surface area contributed by atoms with E-state index in [-0.39, 0.29) is 24.0 Å².